The minimum Gasteiger partial charge on any atom is -0.503 e. The first-order valence-electron chi connectivity index (χ1n) is 11.0. The fourth-order valence-electron chi connectivity index (χ4n) is 4.72. The third-order valence-electron chi connectivity index (χ3n) is 6.62. The van der Waals surface area contributed by atoms with Crippen molar-refractivity contribution in [2.45, 2.75) is 32.4 Å². The van der Waals surface area contributed by atoms with Crippen molar-refractivity contribution in [2.75, 3.05) is 11.4 Å². The number of nitrogens with one attached hydrogen (secondary N) is 1. The molecule has 0 aliphatic carbocycles. The number of benzene rings is 2. The van der Waals surface area contributed by atoms with E-state index in [0.29, 0.717) is 18.4 Å². The molecule has 2 aromatic carbocycles. The van der Waals surface area contributed by atoms with Gasteiger partial charge in [0.1, 0.15) is 23.0 Å². The topological polar surface area (TPSA) is 91.6 Å². The standard InChI is InChI=1S/C25H20F3N3O4/c1-12-17(26)8-6-14(19(12)28)9-29-24(34)16-11-30-15-7-5-13-3-2-4-18(27)20(13)31(10-15)25(35)21(30)23(33)22(16)32/h2-4,6,8,11,15,33H,5,7,9-10H2,1H3,(H,29,34). The fraction of sp³-hybridized carbons (Fsp3) is 0.240. The number of hydrogen-bond donors (Lipinski definition) is 2. The second-order valence-electron chi connectivity index (χ2n) is 8.66. The molecule has 35 heavy (non-hydrogen) atoms. The lowest BCUT2D eigenvalue weighted by Crippen LogP contribution is -2.45. The molecule has 1 atom stereocenters. The normalized spacial score (nSPS) is 16.4. The molecule has 2 aliphatic heterocycles. The highest BCUT2D eigenvalue weighted by atomic mass is 19.1. The van der Waals surface area contributed by atoms with E-state index in [-0.39, 0.29) is 35.6 Å². The summed E-state index contributed by atoms with van der Waals surface area (Å²) >= 11 is 0. The van der Waals surface area contributed by atoms with Crippen LogP contribution in [0, 0.1) is 24.4 Å². The van der Waals surface area contributed by atoms with Crippen LogP contribution in [0.3, 0.4) is 0 Å². The van der Waals surface area contributed by atoms with Gasteiger partial charge in [-0.05, 0) is 37.5 Å². The Bertz CT molecular complexity index is 1470. The highest BCUT2D eigenvalue weighted by Gasteiger charge is 2.39. The van der Waals surface area contributed by atoms with E-state index >= 15 is 0 Å². The van der Waals surface area contributed by atoms with Gasteiger partial charge in [-0.15, -0.1) is 0 Å². The summed E-state index contributed by atoms with van der Waals surface area (Å²) in [4.78, 5) is 40.1. The number of aryl methyl sites for hydroxylation is 1. The molecule has 0 radical (unpaired) electrons. The van der Waals surface area contributed by atoms with Gasteiger partial charge < -0.3 is 19.9 Å². The smallest absolute Gasteiger partial charge is 0.279 e. The highest BCUT2D eigenvalue weighted by Crippen LogP contribution is 2.38. The summed E-state index contributed by atoms with van der Waals surface area (Å²) in [5, 5.41) is 13.1. The van der Waals surface area contributed by atoms with Gasteiger partial charge in [0.05, 0.1) is 11.7 Å². The number of rotatable bonds is 3. The summed E-state index contributed by atoms with van der Waals surface area (Å²) in [7, 11) is 0. The molecule has 1 unspecified atom stereocenters. The molecule has 3 heterocycles. The molecule has 180 valence electrons. The molecule has 2 amide bonds. The molecule has 0 saturated carbocycles. The number of para-hydroxylation sites is 1. The minimum absolute atomic E-state index is 0.0221. The Morgan fingerprint density at radius 3 is 2.69 bits per heavy atom. The first kappa shape index (κ1) is 22.7. The molecular weight excluding hydrogens is 463 g/mol. The van der Waals surface area contributed by atoms with Crippen molar-refractivity contribution in [1.29, 1.82) is 0 Å². The number of anilines is 1. The molecule has 5 rings (SSSR count). The van der Waals surface area contributed by atoms with Crippen LogP contribution in [0.25, 0.3) is 0 Å². The van der Waals surface area contributed by atoms with E-state index in [1.165, 1.54) is 34.7 Å². The van der Waals surface area contributed by atoms with E-state index in [1.807, 2.05) is 0 Å². The molecule has 0 fully saturated rings. The van der Waals surface area contributed by atoms with Gasteiger partial charge in [-0.25, -0.2) is 13.2 Å². The van der Waals surface area contributed by atoms with Crippen LogP contribution in [-0.4, -0.2) is 28.0 Å². The quantitative estimate of drug-likeness (QED) is 0.598. The predicted molar refractivity (Wildman–Crippen MR) is 120 cm³/mol. The Balaban J connectivity index is 1.50. The maximum Gasteiger partial charge on any atom is 0.279 e. The lowest BCUT2D eigenvalue weighted by molar-refractivity contribution is 0.0929. The Labute approximate surface area is 197 Å². The molecule has 7 nitrogen and oxygen atoms in total. The molecule has 0 saturated heterocycles. The lowest BCUT2D eigenvalue weighted by atomic mass is 10.0. The van der Waals surface area contributed by atoms with Gasteiger partial charge in [-0.3, -0.25) is 14.4 Å². The van der Waals surface area contributed by atoms with Crippen molar-refractivity contribution < 1.29 is 27.9 Å². The lowest BCUT2D eigenvalue weighted by Gasteiger charge is -2.35. The fourth-order valence-corrected chi connectivity index (χ4v) is 4.72. The number of halogens is 3. The van der Waals surface area contributed by atoms with Gasteiger partial charge >= 0.3 is 0 Å². The van der Waals surface area contributed by atoms with Crippen molar-refractivity contribution in [3.8, 4) is 5.75 Å². The molecule has 3 aromatic rings. The Morgan fingerprint density at radius 2 is 1.91 bits per heavy atom. The summed E-state index contributed by atoms with van der Waals surface area (Å²) in [5.41, 5.74) is -1.25. The summed E-state index contributed by atoms with van der Waals surface area (Å²) in [5.74, 6) is -4.67. The number of amides is 2. The van der Waals surface area contributed by atoms with Crippen molar-refractivity contribution in [2.24, 2.45) is 0 Å². The molecular formula is C25H20F3N3O4. The zero-order chi connectivity index (χ0) is 25.0. The van der Waals surface area contributed by atoms with E-state index in [0.717, 1.165) is 6.07 Å². The Morgan fingerprint density at radius 1 is 1.14 bits per heavy atom. The van der Waals surface area contributed by atoms with Crippen molar-refractivity contribution >= 4 is 17.5 Å². The maximum atomic E-state index is 14.6. The zero-order valence-corrected chi connectivity index (χ0v) is 18.6. The van der Waals surface area contributed by atoms with Crippen LogP contribution in [0.15, 0.2) is 41.3 Å². The minimum atomic E-state index is -1.08. The molecule has 2 aliphatic rings. The zero-order valence-electron chi connectivity index (χ0n) is 18.6. The van der Waals surface area contributed by atoms with E-state index in [9.17, 15) is 32.7 Å². The molecule has 1 aromatic heterocycles. The SMILES string of the molecule is Cc1c(F)ccc(CNC(=O)c2cn3c(c(O)c2=O)C(=O)N2CC3CCc3cccc(F)c32)c1F. The van der Waals surface area contributed by atoms with Gasteiger partial charge in [0, 0.05) is 30.4 Å². The average molecular weight is 483 g/mol. The first-order valence-corrected chi connectivity index (χ1v) is 11.0. The average Bonchev–Trinajstić information content (AvgIpc) is 3.01. The van der Waals surface area contributed by atoms with Crippen LogP contribution in [-0.2, 0) is 13.0 Å². The van der Waals surface area contributed by atoms with Crippen molar-refractivity contribution in [3.05, 3.63) is 92.2 Å². The van der Waals surface area contributed by atoms with Gasteiger partial charge in [0.15, 0.2) is 11.4 Å². The van der Waals surface area contributed by atoms with Crippen LogP contribution >= 0.6 is 0 Å². The second-order valence-corrected chi connectivity index (χ2v) is 8.66. The summed E-state index contributed by atoms with van der Waals surface area (Å²) in [6, 6.07) is 6.35. The van der Waals surface area contributed by atoms with Gasteiger partial charge in [-0.1, -0.05) is 18.2 Å². The largest absolute Gasteiger partial charge is 0.503 e. The Hall–Kier alpha value is -4.08. The van der Waals surface area contributed by atoms with E-state index in [1.54, 1.807) is 12.1 Å². The van der Waals surface area contributed by atoms with E-state index in [4.69, 9.17) is 0 Å². The molecule has 2 bridgehead atoms. The number of nitrogens with zero attached hydrogens (tertiary/aromatic N) is 2. The van der Waals surface area contributed by atoms with Crippen LogP contribution in [0.1, 0.15) is 50.0 Å². The van der Waals surface area contributed by atoms with Crippen molar-refractivity contribution in [1.82, 2.24) is 9.88 Å². The summed E-state index contributed by atoms with van der Waals surface area (Å²) in [6.45, 7) is 1.04. The van der Waals surface area contributed by atoms with Crippen molar-refractivity contribution in [3.63, 3.8) is 0 Å². The van der Waals surface area contributed by atoms with Gasteiger partial charge in [-0.2, -0.15) is 0 Å². The maximum absolute atomic E-state index is 14.6. The van der Waals surface area contributed by atoms with E-state index in [2.05, 4.69) is 5.32 Å². The van der Waals surface area contributed by atoms with Crippen LogP contribution in [0.5, 0.6) is 5.75 Å². The van der Waals surface area contributed by atoms with Crippen LogP contribution < -0.4 is 15.6 Å². The number of fused-ring (bicyclic) bond motifs is 6. The highest BCUT2D eigenvalue weighted by molar-refractivity contribution is 6.08. The second kappa shape index (κ2) is 8.30. The summed E-state index contributed by atoms with van der Waals surface area (Å²) < 4.78 is 43.8. The number of carbonyl (C=O) groups is 2. The number of hydrogen-bond acceptors (Lipinski definition) is 4. The monoisotopic (exact) mass is 483 g/mol. The number of carbonyl (C=O) groups excluding carboxylic acids is 2. The van der Waals surface area contributed by atoms with Crippen LogP contribution in [0.2, 0.25) is 0 Å². The number of aromatic hydroxyl groups is 1. The molecule has 10 heteroatoms. The first-order chi connectivity index (χ1) is 16.7. The summed E-state index contributed by atoms with van der Waals surface area (Å²) in [6.07, 6.45) is 2.11. The van der Waals surface area contributed by atoms with Gasteiger partial charge in [0.25, 0.3) is 11.8 Å². The third kappa shape index (κ3) is 3.56. The number of pyridine rings is 1. The third-order valence-corrected chi connectivity index (χ3v) is 6.62. The molecule has 2 N–H and O–H groups in total. The van der Waals surface area contributed by atoms with E-state index < -0.39 is 52.0 Å². The van der Waals surface area contributed by atoms with Crippen LogP contribution in [0.4, 0.5) is 18.9 Å². The molecule has 0 spiro atoms. The van der Waals surface area contributed by atoms with Gasteiger partial charge in [0.2, 0.25) is 5.43 Å². The Kier molecular flexibility index (Phi) is 5.38. The predicted octanol–water partition coefficient (Wildman–Crippen LogP) is 3.36. The number of aromatic nitrogens is 1.